The highest BCUT2D eigenvalue weighted by Crippen LogP contribution is 2.07. The predicted octanol–water partition coefficient (Wildman–Crippen LogP) is 1.08. The van der Waals surface area contributed by atoms with E-state index in [-0.39, 0.29) is 6.61 Å². The van der Waals surface area contributed by atoms with Crippen LogP contribution in [0.3, 0.4) is 0 Å². The number of rotatable bonds is 2. The van der Waals surface area contributed by atoms with Gasteiger partial charge in [-0.2, -0.15) is 0 Å². The molecule has 1 radical (unpaired) electrons. The standard InChI is InChI=1S/C8H11N2O/c1-10(2)8-4-3-7(6-11)5-9-8/h3-5H,6H2,1-2H3. The summed E-state index contributed by atoms with van der Waals surface area (Å²) in [6.45, 7) is -0.194. The molecular weight excluding hydrogens is 140 g/mol. The van der Waals surface area contributed by atoms with E-state index in [1.54, 1.807) is 12.3 Å². The fourth-order valence-electron chi connectivity index (χ4n) is 0.767. The first-order chi connectivity index (χ1) is 5.24. The maximum absolute atomic E-state index is 10.4. The number of hydrogen-bond donors (Lipinski definition) is 0. The average molecular weight is 151 g/mol. The molecule has 0 saturated carbocycles. The van der Waals surface area contributed by atoms with Gasteiger partial charge in [0.15, 0.2) is 0 Å². The van der Waals surface area contributed by atoms with Crippen molar-refractivity contribution in [2.45, 2.75) is 6.61 Å². The van der Waals surface area contributed by atoms with Crippen molar-refractivity contribution in [3.05, 3.63) is 23.9 Å². The Labute approximate surface area is 66.3 Å². The number of pyridine rings is 1. The van der Waals surface area contributed by atoms with Gasteiger partial charge in [-0.05, 0) is 11.6 Å². The van der Waals surface area contributed by atoms with E-state index >= 15 is 0 Å². The molecule has 0 aliphatic carbocycles. The average Bonchev–Trinajstić information content (AvgIpc) is 2.05. The van der Waals surface area contributed by atoms with Crippen molar-refractivity contribution in [2.75, 3.05) is 19.0 Å². The molecule has 0 saturated heterocycles. The summed E-state index contributed by atoms with van der Waals surface area (Å²) in [6, 6.07) is 3.64. The van der Waals surface area contributed by atoms with Gasteiger partial charge in [0.05, 0.1) is 0 Å². The molecule has 1 heterocycles. The van der Waals surface area contributed by atoms with Gasteiger partial charge in [0.2, 0.25) is 0 Å². The largest absolute Gasteiger partial charge is 0.363 e. The van der Waals surface area contributed by atoms with Crippen LogP contribution in [0.2, 0.25) is 0 Å². The van der Waals surface area contributed by atoms with E-state index in [2.05, 4.69) is 4.98 Å². The molecule has 0 bridgehead atoms. The molecule has 0 aromatic carbocycles. The van der Waals surface area contributed by atoms with Gasteiger partial charge in [0.1, 0.15) is 12.4 Å². The molecule has 11 heavy (non-hydrogen) atoms. The summed E-state index contributed by atoms with van der Waals surface area (Å²) in [5.74, 6) is 0.877. The Kier molecular flexibility index (Phi) is 2.44. The maximum Gasteiger partial charge on any atom is 0.127 e. The van der Waals surface area contributed by atoms with Crippen molar-refractivity contribution in [2.24, 2.45) is 0 Å². The lowest BCUT2D eigenvalue weighted by molar-refractivity contribution is 0.177. The first kappa shape index (κ1) is 8.01. The Morgan fingerprint density at radius 2 is 2.18 bits per heavy atom. The van der Waals surface area contributed by atoms with E-state index in [0.717, 1.165) is 11.4 Å². The van der Waals surface area contributed by atoms with Gasteiger partial charge in [-0.3, -0.25) is 0 Å². The second kappa shape index (κ2) is 3.34. The Morgan fingerprint density at radius 1 is 1.45 bits per heavy atom. The molecule has 0 fully saturated rings. The molecule has 0 N–H and O–H groups in total. The fraction of sp³-hybridized carbons (Fsp3) is 0.375. The molecule has 1 rings (SSSR count). The van der Waals surface area contributed by atoms with Crippen LogP contribution in [0, 0.1) is 0 Å². The number of aromatic nitrogens is 1. The molecule has 3 nitrogen and oxygen atoms in total. The van der Waals surface area contributed by atoms with Gasteiger partial charge in [0, 0.05) is 20.3 Å². The topological polar surface area (TPSA) is 36.0 Å². The van der Waals surface area contributed by atoms with E-state index < -0.39 is 0 Å². The summed E-state index contributed by atoms with van der Waals surface area (Å²) in [4.78, 5) is 5.97. The molecule has 0 spiro atoms. The Morgan fingerprint density at radius 3 is 2.55 bits per heavy atom. The van der Waals surface area contributed by atoms with E-state index in [0.29, 0.717) is 0 Å². The third-order valence-corrected chi connectivity index (χ3v) is 1.43. The smallest absolute Gasteiger partial charge is 0.127 e. The zero-order valence-electron chi connectivity index (χ0n) is 6.74. The first-order valence-corrected chi connectivity index (χ1v) is 3.44. The fourth-order valence-corrected chi connectivity index (χ4v) is 0.767. The van der Waals surface area contributed by atoms with Gasteiger partial charge in [-0.25, -0.2) is 10.1 Å². The Bertz CT molecular complexity index is 218. The van der Waals surface area contributed by atoms with Crippen LogP contribution in [0.5, 0.6) is 0 Å². The molecule has 3 heteroatoms. The van der Waals surface area contributed by atoms with Crippen LogP contribution in [-0.2, 0) is 11.7 Å². The second-order valence-electron chi connectivity index (χ2n) is 2.56. The molecule has 0 aliphatic rings. The summed E-state index contributed by atoms with van der Waals surface area (Å²) in [6.07, 6.45) is 1.61. The van der Waals surface area contributed by atoms with Gasteiger partial charge < -0.3 is 4.90 Å². The minimum atomic E-state index is -0.194. The van der Waals surface area contributed by atoms with E-state index in [1.165, 1.54) is 0 Å². The van der Waals surface area contributed by atoms with Gasteiger partial charge >= 0.3 is 0 Å². The molecule has 0 aliphatic heterocycles. The van der Waals surface area contributed by atoms with E-state index in [4.69, 9.17) is 0 Å². The molecule has 59 valence electrons. The van der Waals surface area contributed by atoms with Crippen LogP contribution in [-0.4, -0.2) is 19.1 Å². The lowest BCUT2D eigenvalue weighted by Gasteiger charge is -2.10. The van der Waals surface area contributed by atoms with E-state index in [9.17, 15) is 5.11 Å². The SMILES string of the molecule is CN(C)c1ccc(C[O])cn1. The molecule has 0 amide bonds. The highest BCUT2D eigenvalue weighted by atomic mass is 16.3. The van der Waals surface area contributed by atoms with Crippen molar-refractivity contribution in [1.82, 2.24) is 4.98 Å². The zero-order chi connectivity index (χ0) is 8.27. The minimum Gasteiger partial charge on any atom is -0.363 e. The minimum absolute atomic E-state index is 0.194. The maximum atomic E-state index is 10.4. The summed E-state index contributed by atoms with van der Waals surface area (Å²) in [5.41, 5.74) is 0.732. The monoisotopic (exact) mass is 151 g/mol. The molecular formula is C8H11N2O. The Hall–Kier alpha value is -1.09. The van der Waals surface area contributed by atoms with Crippen LogP contribution < -0.4 is 4.90 Å². The lowest BCUT2D eigenvalue weighted by atomic mass is 10.3. The molecule has 0 atom stereocenters. The van der Waals surface area contributed by atoms with Crippen molar-refractivity contribution < 1.29 is 5.11 Å². The van der Waals surface area contributed by atoms with Crippen molar-refractivity contribution >= 4 is 5.82 Å². The van der Waals surface area contributed by atoms with Crippen molar-refractivity contribution in [1.29, 1.82) is 0 Å². The molecule has 1 aromatic rings. The predicted molar refractivity (Wildman–Crippen MR) is 43.0 cm³/mol. The molecule has 0 unspecified atom stereocenters. The zero-order valence-corrected chi connectivity index (χ0v) is 6.74. The first-order valence-electron chi connectivity index (χ1n) is 3.44. The summed E-state index contributed by atoms with van der Waals surface area (Å²) in [7, 11) is 3.83. The Balaban J connectivity index is 2.83. The van der Waals surface area contributed by atoms with Crippen molar-refractivity contribution in [3.8, 4) is 0 Å². The van der Waals surface area contributed by atoms with Crippen LogP contribution in [0.25, 0.3) is 0 Å². The summed E-state index contributed by atoms with van der Waals surface area (Å²) >= 11 is 0. The highest BCUT2D eigenvalue weighted by Gasteiger charge is 1.95. The highest BCUT2D eigenvalue weighted by molar-refractivity contribution is 5.36. The normalized spacial score (nSPS) is 9.73. The summed E-state index contributed by atoms with van der Waals surface area (Å²) < 4.78 is 0. The van der Waals surface area contributed by atoms with Crippen LogP contribution >= 0.6 is 0 Å². The number of nitrogens with zero attached hydrogens (tertiary/aromatic N) is 2. The third kappa shape index (κ3) is 1.91. The number of hydrogen-bond acceptors (Lipinski definition) is 2. The summed E-state index contributed by atoms with van der Waals surface area (Å²) in [5, 5.41) is 10.4. The van der Waals surface area contributed by atoms with Crippen LogP contribution in [0.4, 0.5) is 5.82 Å². The van der Waals surface area contributed by atoms with Crippen LogP contribution in [0.1, 0.15) is 5.56 Å². The third-order valence-electron chi connectivity index (χ3n) is 1.43. The van der Waals surface area contributed by atoms with Crippen LogP contribution in [0.15, 0.2) is 18.3 Å². The van der Waals surface area contributed by atoms with Crippen molar-refractivity contribution in [3.63, 3.8) is 0 Å². The quantitative estimate of drug-likeness (QED) is 0.634. The molecule has 1 aromatic heterocycles. The van der Waals surface area contributed by atoms with E-state index in [1.807, 2.05) is 25.1 Å². The lowest BCUT2D eigenvalue weighted by Crippen LogP contribution is -2.10. The van der Waals surface area contributed by atoms with Gasteiger partial charge in [-0.1, -0.05) is 6.07 Å². The van der Waals surface area contributed by atoms with Gasteiger partial charge in [0.25, 0.3) is 0 Å². The second-order valence-corrected chi connectivity index (χ2v) is 2.56. The number of anilines is 1. The van der Waals surface area contributed by atoms with Gasteiger partial charge in [-0.15, -0.1) is 0 Å².